The van der Waals surface area contributed by atoms with Gasteiger partial charge in [0.15, 0.2) is 0 Å². The van der Waals surface area contributed by atoms with Crippen LogP contribution in [0.4, 0.5) is 5.69 Å². The Kier molecular flexibility index (Phi) is 3.76. The lowest BCUT2D eigenvalue weighted by Gasteiger charge is -2.43. The van der Waals surface area contributed by atoms with E-state index >= 15 is 0 Å². The van der Waals surface area contributed by atoms with E-state index in [0.717, 1.165) is 18.9 Å². The molecule has 1 N–H and O–H groups in total. The van der Waals surface area contributed by atoms with Crippen LogP contribution in [0.15, 0.2) is 24.3 Å². The van der Waals surface area contributed by atoms with Crippen LogP contribution in [-0.4, -0.2) is 24.3 Å². The molecule has 1 aliphatic carbocycles. The summed E-state index contributed by atoms with van der Waals surface area (Å²) >= 11 is 0. The first-order valence-corrected chi connectivity index (χ1v) is 8.09. The SMILES string of the molecule is CC1CCCC(CO)(CN2c3ccccc3CC2C)C1. The highest BCUT2D eigenvalue weighted by Gasteiger charge is 2.39. The van der Waals surface area contributed by atoms with E-state index in [1.165, 1.54) is 36.9 Å². The Balaban J connectivity index is 1.82. The zero-order valence-electron chi connectivity index (χ0n) is 12.8. The number of rotatable bonds is 3. The summed E-state index contributed by atoms with van der Waals surface area (Å²) in [6.07, 6.45) is 6.10. The molecule has 0 bridgehead atoms. The summed E-state index contributed by atoms with van der Waals surface area (Å²) in [5.41, 5.74) is 2.98. The van der Waals surface area contributed by atoms with Gasteiger partial charge in [-0.05, 0) is 43.7 Å². The number of benzene rings is 1. The molecule has 1 aliphatic heterocycles. The fourth-order valence-corrected chi connectivity index (χ4v) is 4.34. The summed E-state index contributed by atoms with van der Waals surface area (Å²) < 4.78 is 0. The summed E-state index contributed by atoms with van der Waals surface area (Å²) in [5, 5.41) is 10.0. The van der Waals surface area contributed by atoms with E-state index in [1.807, 2.05) is 0 Å². The Hall–Kier alpha value is -1.02. The number of para-hydroxylation sites is 1. The van der Waals surface area contributed by atoms with Crippen molar-refractivity contribution in [3.8, 4) is 0 Å². The van der Waals surface area contributed by atoms with Crippen LogP contribution < -0.4 is 4.90 Å². The molecule has 2 aliphatic rings. The Bertz CT molecular complexity index is 472. The molecular weight excluding hydrogens is 246 g/mol. The van der Waals surface area contributed by atoms with Crippen LogP contribution in [0.5, 0.6) is 0 Å². The third kappa shape index (κ3) is 2.46. The molecule has 2 heteroatoms. The van der Waals surface area contributed by atoms with Crippen molar-refractivity contribution in [2.75, 3.05) is 18.1 Å². The van der Waals surface area contributed by atoms with Gasteiger partial charge in [-0.3, -0.25) is 0 Å². The van der Waals surface area contributed by atoms with E-state index in [-0.39, 0.29) is 5.41 Å². The normalized spacial score (nSPS) is 33.2. The van der Waals surface area contributed by atoms with Crippen molar-refractivity contribution in [1.29, 1.82) is 0 Å². The molecule has 1 heterocycles. The highest BCUT2D eigenvalue weighted by atomic mass is 16.3. The number of nitrogens with zero attached hydrogens (tertiary/aromatic N) is 1. The van der Waals surface area contributed by atoms with Gasteiger partial charge in [-0.1, -0.05) is 38.0 Å². The summed E-state index contributed by atoms with van der Waals surface area (Å²) in [4.78, 5) is 2.55. The van der Waals surface area contributed by atoms with E-state index < -0.39 is 0 Å². The predicted molar refractivity (Wildman–Crippen MR) is 84.1 cm³/mol. The van der Waals surface area contributed by atoms with Crippen LogP contribution in [0, 0.1) is 11.3 Å². The monoisotopic (exact) mass is 273 g/mol. The van der Waals surface area contributed by atoms with Gasteiger partial charge >= 0.3 is 0 Å². The van der Waals surface area contributed by atoms with Crippen molar-refractivity contribution in [2.24, 2.45) is 11.3 Å². The van der Waals surface area contributed by atoms with Crippen molar-refractivity contribution in [3.63, 3.8) is 0 Å². The molecular formula is C18H27NO. The second-order valence-corrected chi connectivity index (χ2v) is 7.17. The Morgan fingerprint density at radius 1 is 1.30 bits per heavy atom. The number of fused-ring (bicyclic) bond motifs is 1. The van der Waals surface area contributed by atoms with Crippen molar-refractivity contribution >= 4 is 5.69 Å². The van der Waals surface area contributed by atoms with Gasteiger partial charge in [-0.2, -0.15) is 0 Å². The fraction of sp³-hybridized carbons (Fsp3) is 0.667. The van der Waals surface area contributed by atoms with E-state index in [1.54, 1.807) is 0 Å². The number of anilines is 1. The van der Waals surface area contributed by atoms with E-state index in [9.17, 15) is 5.11 Å². The Morgan fingerprint density at radius 3 is 2.85 bits per heavy atom. The zero-order chi connectivity index (χ0) is 14.2. The third-order valence-electron chi connectivity index (χ3n) is 5.38. The number of aliphatic hydroxyl groups is 1. The van der Waals surface area contributed by atoms with Crippen LogP contribution >= 0.6 is 0 Å². The van der Waals surface area contributed by atoms with Gasteiger partial charge in [0.05, 0.1) is 6.61 Å². The van der Waals surface area contributed by atoms with Crippen LogP contribution in [0.25, 0.3) is 0 Å². The first kappa shape index (κ1) is 13.9. The molecule has 0 aromatic heterocycles. The largest absolute Gasteiger partial charge is 0.396 e. The molecule has 3 rings (SSSR count). The average Bonchev–Trinajstić information content (AvgIpc) is 2.75. The first-order chi connectivity index (χ1) is 9.63. The molecule has 1 saturated carbocycles. The van der Waals surface area contributed by atoms with E-state index in [0.29, 0.717) is 12.6 Å². The molecule has 1 aromatic carbocycles. The first-order valence-electron chi connectivity index (χ1n) is 8.09. The zero-order valence-corrected chi connectivity index (χ0v) is 12.8. The van der Waals surface area contributed by atoms with Gasteiger partial charge in [-0.15, -0.1) is 0 Å². The molecule has 0 radical (unpaired) electrons. The van der Waals surface area contributed by atoms with Crippen LogP contribution in [-0.2, 0) is 6.42 Å². The number of hydrogen-bond donors (Lipinski definition) is 1. The third-order valence-corrected chi connectivity index (χ3v) is 5.38. The molecule has 1 fully saturated rings. The topological polar surface area (TPSA) is 23.5 Å². The molecule has 2 nitrogen and oxygen atoms in total. The predicted octanol–water partition coefficient (Wildman–Crippen LogP) is 3.63. The lowest BCUT2D eigenvalue weighted by molar-refractivity contribution is 0.0656. The van der Waals surface area contributed by atoms with Gasteiger partial charge in [0.2, 0.25) is 0 Å². The second kappa shape index (κ2) is 5.40. The lowest BCUT2D eigenvalue weighted by atomic mass is 9.70. The van der Waals surface area contributed by atoms with Crippen molar-refractivity contribution in [2.45, 2.75) is 52.0 Å². The van der Waals surface area contributed by atoms with Crippen LogP contribution in [0.2, 0.25) is 0 Å². The molecule has 3 unspecified atom stereocenters. The highest BCUT2D eigenvalue weighted by Crippen LogP contribution is 2.42. The maximum absolute atomic E-state index is 10.0. The van der Waals surface area contributed by atoms with Crippen molar-refractivity contribution in [1.82, 2.24) is 0 Å². The van der Waals surface area contributed by atoms with Gasteiger partial charge in [0.25, 0.3) is 0 Å². The fourth-order valence-electron chi connectivity index (χ4n) is 4.34. The van der Waals surface area contributed by atoms with Crippen LogP contribution in [0.1, 0.15) is 45.1 Å². The summed E-state index contributed by atoms with van der Waals surface area (Å²) in [6.45, 7) is 6.01. The minimum absolute atomic E-state index is 0.114. The van der Waals surface area contributed by atoms with Crippen molar-refractivity contribution < 1.29 is 5.11 Å². The van der Waals surface area contributed by atoms with Crippen molar-refractivity contribution in [3.05, 3.63) is 29.8 Å². The van der Waals surface area contributed by atoms with Gasteiger partial charge in [0, 0.05) is 23.7 Å². The Labute approximate surface area is 122 Å². The molecule has 3 atom stereocenters. The quantitative estimate of drug-likeness (QED) is 0.909. The minimum atomic E-state index is 0.114. The molecule has 0 saturated heterocycles. The van der Waals surface area contributed by atoms with E-state index in [4.69, 9.17) is 0 Å². The molecule has 1 aromatic rings. The second-order valence-electron chi connectivity index (χ2n) is 7.17. The molecule has 0 spiro atoms. The Morgan fingerprint density at radius 2 is 2.10 bits per heavy atom. The smallest absolute Gasteiger partial charge is 0.0504 e. The van der Waals surface area contributed by atoms with Gasteiger partial charge in [0.1, 0.15) is 0 Å². The molecule has 110 valence electrons. The highest BCUT2D eigenvalue weighted by molar-refractivity contribution is 5.59. The van der Waals surface area contributed by atoms with Crippen LogP contribution in [0.3, 0.4) is 0 Å². The van der Waals surface area contributed by atoms with E-state index in [2.05, 4.69) is 43.0 Å². The van der Waals surface area contributed by atoms with Gasteiger partial charge < -0.3 is 10.0 Å². The summed E-state index contributed by atoms with van der Waals surface area (Å²) in [6, 6.07) is 9.34. The maximum Gasteiger partial charge on any atom is 0.0504 e. The maximum atomic E-state index is 10.0. The average molecular weight is 273 g/mol. The summed E-state index contributed by atoms with van der Waals surface area (Å²) in [5.74, 6) is 0.754. The van der Waals surface area contributed by atoms with Gasteiger partial charge in [-0.25, -0.2) is 0 Å². The lowest BCUT2D eigenvalue weighted by Crippen LogP contribution is -2.45. The molecule has 0 amide bonds. The molecule has 20 heavy (non-hydrogen) atoms. The standard InChI is InChI=1S/C18H27NO/c1-14-6-5-9-18(11-14,13-20)12-19-15(2)10-16-7-3-4-8-17(16)19/h3-4,7-8,14-15,20H,5-6,9-13H2,1-2H3. The summed E-state index contributed by atoms with van der Waals surface area (Å²) in [7, 11) is 0. The number of hydrogen-bond acceptors (Lipinski definition) is 2. The number of aliphatic hydroxyl groups excluding tert-OH is 1. The minimum Gasteiger partial charge on any atom is -0.396 e.